The topological polar surface area (TPSA) is 57.7 Å². The van der Waals surface area contributed by atoms with Crippen molar-refractivity contribution in [2.75, 3.05) is 35.3 Å². The van der Waals surface area contributed by atoms with E-state index in [1.807, 2.05) is 40.1 Å². The van der Waals surface area contributed by atoms with Crippen molar-refractivity contribution in [2.45, 2.75) is 57.1 Å². The van der Waals surface area contributed by atoms with Crippen LogP contribution in [0.1, 0.15) is 44.1 Å². The number of benzene rings is 1. The van der Waals surface area contributed by atoms with Gasteiger partial charge in [0.15, 0.2) is 0 Å². The Balaban J connectivity index is 1.47. The first-order chi connectivity index (χ1) is 15.9. The highest BCUT2D eigenvalue weighted by Gasteiger charge is 2.36. The minimum absolute atomic E-state index is 0.0557. The third-order valence-electron chi connectivity index (χ3n) is 7.23. The predicted molar refractivity (Wildman–Crippen MR) is 124 cm³/mol. The van der Waals surface area contributed by atoms with Crippen molar-refractivity contribution in [3.05, 3.63) is 42.1 Å². The average molecular weight is 457 g/mol. The maximum absolute atomic E-state index is 13.8. The maximum atomic E-state index is 13.8. The summed E-state index contributed by atoms with van der Waals surface area (Å²) in [5, 5.41) is 3.39. The van der Waals surface area contributed by atoms with Crippen LogP contribution in [-0.2, 0) is 16.1 Å². The monoisotopic (exact) mass is 456 g/mol. The lowest BCUT2D eigenvalue weighted by Crippen LogP contribution is -2.40. The van der Waals surface area contributed by atoms with Gasteiger partial charge in [0.1, 0.15) is 5.82 Å². The summed E-state index contributed by atoms with van der Waals surface area (Å²) in [6.45, 7) is 1.03. The number of methoxy groups -OCH3 is 1. The molecule has 1 aromatic heterocycles. The SMILES string of the molecule is COC1CCC(C(=O)N2Cc3cccnc3Nc3ccc(N4CCC(F)(F)CC4)cc32)CC1. The van der Waals surface area contributed by atoms with Gasteiger partial charge in [-0.15, -0.1) is 0 Å². The first kappa shape index (κ1) is 22.1. The molecule has 1 aliphatic carbocycles. The Hall–Kier alpha value is -2.74. The van der Waals surface area contributed by atoms with Gasteiger partial charge in [-0.3, -0.25) is 4.79 Å². The second-order valence-electron chi connectivity index (χ2n) is 9.31. The Kier molecular flexibility index (Phi) is 5.95. The van der Waals surface area contributed by atoms with E-state index in [4.69, 9.17) is 4.74 Å². The molecule has 1 saturated heterocycles. The van der Waals surface area contributed by atoms with E-state index in [9.17, 15) is 13.6 Å². The molecule has 0 bridgehead atoms. The summed E-state index contributed by atoms with van der Waals surface area (Å²) in [6.07, 6.45) is 5.02. The molecule has 1 saturated carbocycles. The number of alkyl halides is 2. The van der Waals surface area contributed by atoms with Gasteiger partial charge in [0, 0.05) is 56.4 Å². The second-order valence-corrected chi connectivity index (χ2v) is 9.31. The van der Waals surface area contributed by atoms with Crippen molar-refractivity contribution in [2.24, 2.45) is 5.92 Å². The number of amides is 1. The zero-order valence-corrected chi connectivity index (χ0v) is 18.9. The number of carbonyl (C=O) groups is 1. The molecule has 1 amide bonds. The summed E-state index contributed by atoms with van der Waals surface area (Å²) >= 11 is 0. The molecule has 176 valence electrons. The number of carbonyl (C=O) groups excluding carboxylic acids is 1. The quantitative estimate of drug-likeness (QED) is 0.695. The van der Waals surface area contributed by atoms with Gasteiger partial charge in [-0.25, -0.2) is 13.8 Å². The van der Waals surface area contributed by atoms with Gasteiger partial charge in [-0.2, -0.15) is 0 Å². The number of ether oxygens (including phenoxy) is 1. The van der Waals surface area contributed by atoms with E-state index in [0.29, 0.717) is 19.6 Å². The summed E-state index contributed by atoms with van der Waals surface area (Å²) < 4.78 is 32.9. The fourth-order valence-corrected chi connectivity index (χ4v) is 5.16. The van der Waals surface area contributed by atoms with Crippen LogP contribution in [0.2, 0.25) is 0 Å². The van der Waals surface area contributed by atoms with Gasteiger partial charge in [0.25, 0.3) is 5.92 Å². The van der Waals surface area contributed by atoms with Gasteiger partial charge in [-0.1, -0.05) is 6.07 Å². The summed E-state index contributed by atoms with van der Waals surface area (Å²) in [7, 11) is 1.73. The van der Waals surface area contributed by atoms with E-state index in [1.165, 1.54) is 0 Å². The molecular formula is C25H30F2N4O2. The number of halogens is 2. The Labute approximate surface area is 192 Å². The van der Waals surface area contributed by atoms with Crippen molar-refractivity contribution in [1.82, 2.24) is 4.98 Å². The maximum Gasteiger partial charge on any atom is 0.251 e. The normalized spacial score (nSPS) is 24.3. The van der Waals surface area contributed by atoms with Crippen LogP contribution in [0.5, 0.6) is 0 Å². The first-order valence-corrected chi connectivity index (χ1v) is 11.8. The van der Waals surface area contributed by atoms with Gasteiger partial charge >= 0.3 is 0 Å². The number of hydrogen-bond donors (Lipinski definition) is 1. The van der Waals surface area contributed by atoms with E-state index in [2.05, 4.69) is 10.3 Å². The van der Waals surface area contributed by atoms with Crippen LogP contribution in [-0.4, -0.2) is 43.1 Å². The molecule has 5 rings (SSSR count). The van der Waals surface area contributed by atoms with Crippen LogP contribution in [0.4, 0.5) is 31.7 Å². The van der Waals surface area contributed by atoms with E-state index in [0.717, 1.165) is 54.1 Å². The molecule has 1 N–H and O–H groups in total. The molecule has 2 fully saturated rings. The summed E-state index contributed by atoms with van der Waals surface area (Å²) in [5.74, 6) is -1.81. The number of rotatable bonds is 3. The van der Waals surface area contributed by atoms with Crippen LogP contribution in [0.15, 0.2) is 36.5 Å². The largest absolute Gasteiger partial charge is 0.381 e. The molecule has 3 aliphatic rings. The minimum atomic E-state index is -2.60. The molecule has 0 atom stereocenters. The van der Waals surface area contributed by atoms with Crippen molar-refractivity contribution in [1.29, 1.82) is 0 Å². The van der Waals surface area contributed by atoms with Gasteiger partial charge in [0.05, 0.1) is 24.0 Å². The number of pyridine rings is 1. The van der Waals surface area contributed by atoms with E-state index in [1.54, 1.807) is 13.3 Å². The lowest BCUT2D eigenvalue weighted by Gasteiger charge is -2.35. The van der Waals surface area contributed by atoms with Crippen molar-refractivity contribution >= 4 is 28.8 Å². The molecule has 6 nitrogen and oxygen atoms in total. The first-order valence-electron chi connectivity index (χ1n) is 11.8. The highest BCUT2D eigenvalue weighted by molar-refractivity contribution is 6.00. The van der Waals surface area contributed by atoms with Crippen molar-refractivity contribution in [3.63, 3.8) is 0 Å². The zero-order valence-electron chi connectivity index (χ0n) is 18.9. The van der Waals surface area contributed by atoms with Crippen molar-refractivity contribution in [3.8, 4) is 0 Å². The molecule has 0 spiro atoms. The average Bonchev–Trinajstić information content (AvgIpc) is 3.00. The molecule has 0 radical (unpaired) electrons. The second kappa shape index (κ2) is 8.89. The molecule has 3 heterocycles. The minimum Gasteiger partial charge on any atom is -0.381 e. The van der Waals surface area contributed by atoms with Crippen LogP contribution in [0.3, 0.4) is 0 Å². The summed E-state index contributed by atoms with van der Waals surface area (Å²) in [5.41, 5.74) is 3.40. The van der Waals surface area contributed by atoms with E-state index in [-0.39, 0.29) is 30.8 Å². The number of piperidine rings is 1. The molecular weight excluding hydrogens is 426 g/mol. The third-order valence-corrected chi connectivity index (χ3v) is 7.23. The summed E-state index contributed by atoms with van der Waals surface area (Å²) in [4.78, 5) is 22.1. The number of nitrogens with zero attached hydrogens (tertiary/aromatic N) is 3. The number of aromatic nitrogens is 1. The molecule has 1 aromatic carbocycles. The number of anilines is 4. The molecule has 2 aromatic rings. The Morgan fingerprint density at radius 1 is 1.15 bits per heavy atom. The fourth-order valence-electron chi connectivity index (χ4n) is 5.16. The van der Waals surface area contributed by atoms with Gasteiger partial charge in [-0.05, 0) is 49.9 Å². The standard InChI is InChI=1S/C25H30F2N4O2/c1-33-20-7-4-17(5-8-20)24(32)31-16-18-3-2-12-28-23(18)29-21-9-6-19(15-22(21)31)30-13-10-25(26,27)11-14-30/h2-3,6,9,12,15,17,20H,4-5,7-8,10-11,13-14,16H2,1H3,(H,28,29). The van der Waals surface area contributed by atoms with E-state index >= 15 is 0 Å². The Bertz CT molecular complexity index is 1010. The van der Waals surface area contributed by atoms with Crippen LogP contribution in [0.25, 0.3) is 0 Å². The molecule has 0 unspecified atom stereocenters. The Morgan fingerprint density at radius 3 is 2.64 bits per heavy atom. The summed E-state index contributed by atoms with van der Waals surface area (Å²) in [6, 6.07) is 9.70. The van der Waals surface area contributed by atoms with Crippen LogP contribution in [0, 0.1) is 5.92 Å². The lowest BCUT2D eigenvalue weighted by atomic mass is 9.86. The van der Waals surface area contributed by atoms with Gasteiger partial charge < -0.3 is 19.9 Å². The van der Waals surface area contributed by atoms with Crippen LogP contribution < -0.4 is 15.1 Å². The molecule has 8 heteroatoms. The Morgan fingerprint density at radius 2 is 1.91 bits per heavy atom. The fraction of sp³-hybridized carbons (Fsp3) is 0.520. The van der Waals surface area contributed by atoms with E-state index < -0.39 is 5.92 Å². The zero-order chi connectivity index (χ0) is 23.0. The smallest absolute Gasteiger partial charge is 0.251 e. The number of hydrogen-bond acceptors (Lipinski definition) is 5. The van der Waals surface area contributed by atoms with Crippen LogP contribution >= 0.6 is 0 Å². The van der Waals surface area contributed by atoms with Gasteiger partial charge in [0.2, 0.25) is 5.91 Å². The number of nitrogens with one attached hydrogen (secondary N) is 1. The molecule has 2 aliphatic heterocycles. The van der Waals surface area contributed by atoms with Crippen molar-refractivity contribution < 1.29 is 18.3 Å². The predicted octanol–water partition coefficient (Wildman–Crippen LogP) is 5.11. The third kappa shape index (κ3) is 4.53. The molecule has 33 heavy (non-hydrogen) atoms. The lowest BCUT2D eigenvalue weighted by molar-refractivity contribution is -0.124. The number of fused-ring (bicyclic) bond motifs is 2. The highest BCUT2D eigenvalue weighted by atomic mass is 19.3. The highest BCUT2D eigenvalue weighted by Crippen LogP contribution is 2.40.